The van der Waals surface area contributed by atoms with E-state index < -0.39 is 0 Å². The van der Waals surface area contributed by atoms with Gasteiger partial charge in [-0.05, 0) is 69.5 Å². The van der Waals surface area contributed by atoms with E-state index in [-0.39, 0.29) is 11.9 Å². The Morgan fingerprint density at radius 3 is 2.25 bits per heavy atom. The van der Waals surface area contributed by atoms with Crippen LogP contribution in [0.15, 0.2) is 60.7 Å². The third-order valence-electron chi connectivity index (χ3n) is 4.47. The van der Waals surface area contributed by atoms with Gasteiger partial charge in [0.2, 0.25) is 5.95 Å². The Morgan fingerprint density at radius 2 is 1.61 bits per heavy atom. The Morgan fingerprint density at radius 1 is 0.964 bits per heavy atom. The van der Waals surface area contributed by atoms with E-state index in [1.54, 1.807) is 0 Å². The Kier molecular flexibility index (Phi) is 6.37. The predicted molar refractivity (Wildman–Crippen MR) is 113 cm³/mol. The fraction of sp³-hybridized carbons (Fsp3) is 0.261. The number of rotatable bonds is 7. The van der Waals surface area contributed by atoms with Crippen molar-refractivity contribution in [2.45, 2.75) is 39.7 Å². The summed E-state index contributed by atoms with van der Waals surface area (Å²) in [4.78, 5) is 21.2. The zero-order chi connectivity index (χ0) is 19.9. The zero-order valence-electron chi connectivity index (χ0n) is 16.6. The van der Waals surface area contributed by atoms with Crippen molar-refractivity contribution in [1.82, 2.24) is 15.3 Å². The minimum atomic E-state index is -0.0604. The second-order valence-corrected chi connectivity index (χ2v) is 7.08. The average molecular weight is 374 g/mol. The van der Waals surface area contributed by atoms with E-state index >= 15 is 0 Å². The Labute approximate surface area is 166 Å². The number of anilines is 2. The van der Waals surface area contributed by atoms with Gasteiger partial charge in [-0.1, -0.05) is 30.3 Å². The third-order valence-corrected chi connectivity index (χ3v) is 4.47. The van der Waals surface area contributed by atoms with Crippen LogP contribution in [0.1, 0.15) is 40.7 Å². The fourth-order valence-corrected chi connectivity index (χ4v) is 3.02. The molecule has 0 saturated heterocycles. The minimum Gasteiger partial charge on any atom is -0.350 e. The molecule has 5 heteroatoms. The lowest BCUT2D eigenvalue weighted by atomic mass is 10.1. The highest BCUT2D eigenvalue weighted by atomic mass is 16.1. The Bertz CT molecular complexity index is 903. The normalized spacial score (nSPS) is 11.7. The maximum absolute atomic E-state index is 12.5. The van der Waals surface area contributed by atoms with E-state index in [2.05, 4.69) is 32.7 Å². The van der Waals surface area contributed by atoms with Crippen LogP contribution in [0.5, 0.6) is 0 Å². The van der Waals surface area contributed by atoms with Crippen molar-refractivity contribution in [3.8, 4) is 0 Å². The van der Waals surface area contributed by atoms with Crippen LogP contribution >= 0.6 is 0 Å². The van der Waals surface area contributed by atoms with Crippen LogP contribution in [0.3, 0.4) is 0 Å². The molecule has 1 aromatic heterocycles. The van der Waals surface area contributed by atoms with E-state index in [4.69, 9.17) is 0 Å². The fourth-order valence-electron chi connectivity index (χ4n) is 3.02. The summed E-state index contributed by atoms with van der Waals surface area (Å²) in [6, 6.07) is 19.7. The van der Waals surface area contributed by atoms with Crippen molar-refractivity contribution in [2.24, 2.45) is 0 Å². The predicted octanol–water partition coefficient (Wildman–Crippen LogP) is 4.59. The van der Waals surface area contributed by atoms with Gasteiger partial charge in [0.1, 0.15) is 0 Å². The second kappa shape index (κ2) is 9.13. The molecule has 0 spiro atoms. The molecular weight excluding hydrogens is 348 g/mol. The number of nitrogens with one attached hydrogen (secondary N) is 2. The smallest absolute Gasteiger partial charge is 0.251 e. The number of hydrogen-bond donors (Lipinski definition) is 2. The first kappa shape index (κ1) is 19.5. The molecule has 1 atom stereocenters. The number of aromatic nitrogens is 2. The zero-order valence-corrected chi connectivity index (χ0v) is 16.6. The van der Waals surface area contributed by atoms with Gasteiger partial charge in [0.05, 0.1) is 0 Å². The first-order valence-corrected chi connectivity index (χ1v) is 9.54. The molecule has 1 heterocycles. The molecule has 5 nitrogen and oxygen atoms in total. The lowest BCUT2D eigenvalue weighted by Crippen LogP contribution is -2.32. The topological polar surface area (TPSA) is 66.9 Å². The molecule has 0 aliphatic rings. The summed E-state index contributed by atoms with van der Waals surface area (Å²) in [5, 5.41) is 6.24. The minimum absolute atomic E-state index is 0.0604. The highest BCUT2D eigenvalue weighted by Crippen LogP contribution is 2.15. The van der Waals surface area contributed by atoms with Crippen molar-refractivity contribution in [3.63, 3.8) is 0 Å². The molecule has 0 saturated carbocycles. The highest BCUT2D eigenvalue weighted by molar-refractivity contribution is 5.94. The standard InChI is InChI=1S/C23H26N4O/c1-16(9-10-19-7-5-4-6-8-19)24-22(28)20-11-13-21(14-12-20)27-23-25-17(2)15-18(3)26-23/h4-8,11-16H,9-10H2,1-3H3,(H,24,28)(H,25,26,27)/t16-/m0/s1. The molecule has 0 radical (unpaired) electrons. The molecule has 0 aliphatic carbocycles. The summed E-state index contributed by atoms with van der Waals surface area (Å²) < 4.78 is 0. The molecular formula is C23H26N4O. The van der Waals surface area contributed by atoms with Gasteiger partial charge in [0.25, 0.3) is 5.91 Å². The molecule has 0 aliphatic heterocycles. The van der Waals surface area contributed by atoms with E-state index in [0.717, 1.165) is 29.9 Å². The van der Waals surface area contributed by atoms with Crippen molar-refractivity contribution in [3.05, 3.63) is 83.2 Å². The van der Waals surface area contributed by atoms with Crippen LogP contribution in [0.2, 0.25) is 0 Å². The number of amides is 1. The second-order valence-electron chi connectivity index (χ2n) is 7.08. The molecule has 0 fully saturated rings. The van der Waals surface area contributed by atoms with Gasteiger partial charge in [-0.25, -0.2) is 9.97 Å². The number of benzene rings is 2. The van der Waals surface area contributed by atoms with Crippen molar-refractivity contribution in [2.75, 3.05) is 5.32 Å². The lowest BCUT2D eigenvalue weighted by molar-refractivity contribution is 0.0938. The quantitative estimate of drug-likeness (QED) is 0.635. The number of carbonyl (C=O) groups excluding carboxylic acids is 1. The summed E-state index contributed by atoms with van der Waals surface area (Å²) >= 11 is 0. The molecule has 0 unspecified atom stereocenters. The Balaban J connectivity index is 1.54. The molecule has 1 amide bonds. The highest BCUT2D eigenvalue weighted by Gasteiger charge is 2.10. The van der Waals surface area contributed by atoms with Crippen LogP contribution in [0, 0.1) is 13.8 Å². The third kappa shape index (κ3) is 5.64. The largest absolute Gasteiger partial charge is 0.350 e. The van der Waals surface area contributed by atoms with E-state index in [1.165, 1.54) is 5.56 Å². The first-order chi connectivity index (χ1) is 13.5. The molecule has 3 aromatic rings. The van der Waals surface area contributed by atoms with Gasteiger partial charge < -0.3 is 10.6 Å². The number of aryl methyl sites for hydroxylation is 3. The van der Waals surface area contributed by atoms with Crippen molar-refractivity contribution < 1.29 is 4.79 Å². The number of nitrogens with zero attached hydrogens (tertiary/aromatic N) is 2. The maximum atomic E-state index is 12.5. The van der Waals surface area contributed by atoms with Gasteiger partial charge in [0.15, 0.2) is 0 Å². The summed E-state index contributed by atoms with van der Waals surface area (Å²) in [6.07, 6.45) is 1.85. The summed E-state index contributed by atoms with van der Waals surface area (Å²) in [6.45, 7) is 5.91. The monoisotopic (exact) mass is 374 g/mol. The van der Waals surface area contributed by atoms with Crippen LogP contribution < -0.4 is 10.6 Å². The maximum Gasteiger partial charge on any atom is 0.251 e. The molecule has 2 N–H and O–H groups in total. The van der Waals surface area contributed by atoms with Gasteiger partial charge in [0, 0.05) is 28.7 Å². The summed E-state index contributed by atoms with van der Waals surface area (Å²) in [5.41, 5.74) is 4.59. The Hall–Kier alpha value is -3.21. The van der Waals surface area contributed by atoms with Crippen LogP contribution in [-0.2, 0) is 6.42 Å². The van der Waals surface area contributed by atoms with Crippen LogP contribution in [0.4, 0.5) is 11.6 Å². The molecule has 144 valence electrons. The van der Waals surface area contributed by atoms with Gasteiger partial charge in [-0.2, -0.15) is 0 Å². The van der Waals surface area contributed by atoms with Crippen LogP contribution in [0.25, 0.3) is 0 Å². The van der Waals surface area contributed by atoms with Crippen molar-refractivity contribution in [1.29, 1.82) is 0 Å². The van der Waals surface area contributed by atoms with E-state index in [1.807, 2.05) is 69.3 Å². The molecule has 3 rings (SSSR count). The van der Waals surface area contributed by atoms with Gasteiger partial charge in [-0.15, -0.1) is 0 Å². The molecule has 28 heavy (non-hydrogen) atoms. The summed E-state index contributed by atoms with van der Waals surface area (Å²) in [5.74, 6) is 0.499. The van der Waals surface area contributed by atoms with Gasteiger partial charge >= 0.3 is 0 Å². The number of carbonyl (C=O) groups is 1. The summed E-state index contributed by atoms with van der Waals surface area (Å²) in [7, 11) is 0. The van der Waals surface area contributed by atoms with Gasteiger partial charge in [-0.3, -0.25) is 4.79 Å². The average Bonchev–Trinajstić information content (AvgIpc) is 2.67. The SMILES string of the molecule is Cc1cc(C)nc(Nc2ccc(C(=O)N[C@@H](C)CCc3ccccc3)cc2)n1. The first-order valence-electron chi connectivity index (χ1n) is 9.54. The van der Waals surface area contributed by atoms with E-state index in [0.29, 0.717) is 11.5 Å². The lowest BCUT2D eigenvalue weighted by Gasteiger charge is -2.14. The number of hydrogen-bond acceptors (Lipinski definition) is 4. The van der Waals surface area contributed by atoms with Crippen molar-refractivity contribution >= 4 is 17.5 Å². The molecule has 0 bridgehead atoms. The van der Waals surface area contributed by atoms with Crippen LogP contribution in [-0.4, -0.2) is 21.9 Å². The molecule has 2 aromatic carbocycles. The van der Waals surface area contributed by atoms with E-state index in [9.17, 15) is 4.79 Å².